The number of hydrogen-bond donors (Lipinski definition) is 0. The zero-order valence-electron chi connectivity index (χ0n) is 9.54. The molecule has 0 N–H and O–H groups in total. The molecule has 1 heterocycles. The summed E-state index contributed by atoms with van der Waals surface area (Å²) in [5, 5.41) is 0. The Balaban J connectivity index is 2.04. The second-order valence-corrected chi connectivity index (χ2v) is 4.65. The van der Waals surface area contributed by atoms with E-state index in [0.29, 0.717) is 13.2 Å². The fourth-order valence-corrected chi connectivity index (χ4v) is 1.30. The lowest BCUT2D eigenvalue weighted by molar-refractivity contribution is -0.0191. The van der Waals surface area contributed by atoms with Crippen molar-refractivity contribution in [1.29, 1.82) is 0 Å². The Morgan fingerprint density at radius 1 is 1.21 bits per heavy atom. The summed E-state index contributed by atoms with van der Waals surface area (Å²) in [6.45, 7) is 8.59. The summed E-state index contributed by atoms with van der Waals surface area (Å²) in [5.74, 6) is 0. The summed E-state index contributed by atoms with van der Waals surface area (Å²) in [6, 6.07) is 0. The molecule has 0 saturated carbocycles. The predicted octanol–water partition coefficient (Wildman–Crippen LogP) is 2.25. The van der Waals surface area contributed by atoms with Crippen LogP contribution in [-0.4, -0.2) is 27.1 Å². The van der Waals surface area contributed by atoms with Crippen molar-refractivity contribution in [1.82, 2.24) is 0 Å². The van der Waals surface area contributed by atoms with Crippen molar-refractivity contribution < 1.29 is 14.0 Å². The maximum atomic E-state index is 5.43. The largest absolute Gasteiger partial charge is 0.639 e. The third-order valence-corrected chi connectivity index (χ3v) is 2.22. The van der Waals surface area contributed by atoms with Crippen molar-refractivity contribution >= 4 is 7.32 Å². The fraction of sp³-hybridized carbons (Fsp3) is 1.00. The van der Waals surface area contributed by atoms with Gasteiger partial charge >= 0.3 is 7.32 Å². The lowest BCUT2D eigenvalue weighted by atomic mass is 9.93. The van der Waals surface area contributed by atoms with Crippen LogP contribution in [0.3, 0.4) is 0 Å². The molecule has 4 heteroatoms. The standard InChI is InChI=1S/C10H21BO3/c1-4-5-6-7-12-11-13-8-10(2,3)9-14-11/h4-9H2,1-3H3. The molecule has 0 unspecified atom stereocenters. The molecule has 0 spiro atoms. The molecule has 3 nitrogen and oxygen atoms in total. The zero-order valence-corrected chi connectivity index (χ0v) is 9.54. The maximum absolute atomic E-state index is 5.43. The summed E-state index contributed by atoms with van der Waals surface area (Å²) in [4.78, 5) is 0. The van der Waals surface area contributed by atoms with E-state index in [2.05, 4.69) is 20.8 Å². The van der Waals surface area contributed by atoms with Gasteiger partial charge < -0.3 is 14.0 Å². The van der Waals surface area contributed by atoms with Crippen LogP contribution < -0.4 is 0 Å². The number of hydrogen-bond acceptors (Lipinski definition) is 3. The molecule has 0 aromatic rings. The van der Waals surface area contributed by atoms with E-state index in [0.717, 1.165) is 13.0 Å². The van der Waals surface area contributed by atoms with E-state index < -0.39 is 7.32 Å². The van der Waals surface area contributed by atoms with E-state index in [4.69, 9.17) is 14.0 Å². The number of unbranched alkanes of at least 4 members (excludes halogenated alkanes) is 2. The summed E-state index contributed by atoms with van der Waals surface area (Å²) in [5.41, 5.74) is 0.128. The van der Waals surface area contributed by atoms with Crippen LogP contribution in [0.2, 0.25) is 0 Å². The highest BCUT2D eigenvalue weighted by Crippen LogP contribution is 2.21. The minimum Gasteiger partial charge on any atom is -0.386 e. The Labute approximate surface area is 87.3 Å². The van der Waals surface area contributed by atoms with E-state index in [1.807, 2.05) is 0 Å². The first-order valence-electron chi connectivity index (χ1n) is 5.49. The van der Waals surface area contributed by atoms with E-state index >= 15 is 0 Å². The van der Waals surface area contributed by atoms with Gasteiger partial charge in [0, 0.05) is 25.2 Å². The van der Waals surface area contributed by atoms with Crippen molar-refractivity contribution in [2.24, 2.45) is 5.41 Å². The van der Waals surface area contributed by atoms with Gasteiger partial charge in [0.1, 0.15) is 0 Å². The average Bonchev–Trinajstić information content (AvgIpc) is 2.15. The third kappa shape index (κ3) is 4.44. The lowest BCUT2D eigenvalue weighted by Crippen LogP contribution is -2.42. The Morgan fingerprint density at radius 3 is 2.43 bits per heavy atom. The fourth-order valence-electron chi connectivity index (χ4n) is 1.30. The van der Waals surface area contributed by atoms with E-state index in [9.17, 15) is 0 Å². The first-order chi connectivity index (χ1) is 6.64. The molecule has 0 bridgehead atoms. The van der Waals surface area contributed by atoms with Gasteiger partial charge in [0.15, 0.2) is 0 Å². The Bertz CT molecular complexity index is 151. The first-order valence-corrected chi connectivity index (χ1v) is 5.49. The van der Waals surface area contributed by atoms with Crippen molar-refractivity contribution in [3.63, 3.8) is 0 Å². The van der Waals surface area contributed by atoms with Gasteiger partial charge in [-0.3, -0.25) is 0 Å². The molecule has 1 aliphatic heterocycles. The van der Waals surface area contributed by atoms with E-state index in [1.165, 1.54) is 12.8 Å². The van der Waals surface area contributed by atoms with Gasteiger partial charge in [-0.25, -0.2) is 0 Å². The highest BCUT2D eigenvalue weighted by Gasteiger charge is 2.33. The molecular formula is C10H21BO3. The van der Waals surface area contributed by atoms with E-state index in [1.54, 1.807) is 0 Å². The van der Waals surface area contributed by atoms with Gasteiger partial charge in [0.25, 0.3) is 0 Å². The molecule has 1 rings (SSSR count). The molecule has 0 aromatic carbocycles. The van der Waals surface area contributed by atoms with Gasteiger partial charge in [-0.2, -0.15) is 0 Å². The molecule has 14 heavy (non-hydrogen) atoms. The second kappa shape index (κ2) is 5.74. The molecular weight excluding hydrogens is 179 g/mol. The third-order valence-electron chi connectivity index (χ3n) is 2.22. The van der Waals surface area contributed by atoms with Crippen LogP contribution in [-0.2, 0) is 14.0 Å². The molecule has 0 radical (unpaired) electrons. The predicted molar refractivity (Wildman–Crippen MR) is 56.9 cm³/mol. The SMILES string of the molecule is CCCCCOB1OCC(C)(C)CO1. The highest BCUT2D eigenvalue weighted by atomic mass is 16.7. The molecule has 0 aromatic heterocycles. The quantitative estimate of drug-likeness (QED) is 0.503. The normalized spacial score (nSPS) is 21.2. The highest BCUT2D eigenvalue weighted by molar-refractivity contribution is 6.36. The van der Waals surface area contributed by atoms with Gasteiger partial charge in [-0.1, -0.05) is 33.6 Å². The molecule has 0 atom stereocenters. The minimum absolute atomic E-state index is 0.128. The molecule has 1 saturated heterocycles. The van der Waals surface area contributed by atoms with Crippen LogP contribution in [0, 0.1) is 5.41 Å². The minimum atomic E-state index is -0.431. The molecule has 0 amide bonds. The lowest BCUT2D eigenvalue weighted by Gasteiger charge is -2.32. The van der Waals surface area contributed by atoms with Gasteiger partial charge in [-0.15, -0.1) is 0 Å². The Morgan fingerprint density at radius 2 is 1.86 bits per heavy atom. The van der Waals surface area contributed by atoms with E-state index in [-0.39, 0.29) is 5.41 Å². The average molecular weight is 200 g/mol. The molecule has 1 aliphatic rings. The first kappa shape index (κ1) is 12.0. The van der Waals surface area contributed by atoms with Crippen molar-refractivity contribution in [3.8, 4) is 0 Å². The summed E-state index contributed by atoms with van der Waals surface area (Å²) >= 11 is 0. The summed E-state index contributed by atoms with van der Waals surface area (Å²) in [6.07, 6.45) is 3.50. The summed E-state index contributed by atoms with van der Waals surface area (Å²) in [7, 11) is -0.431. The van der Waals surface area contributed by atoms with Crippen molar-refractivity contribution in [3.05, 3.63) is 0 Å². The van der Waals surface area contributed by atoms with Crippen LogP contribution in [0.15, 0.2) is 0 Å². The topological polar surface area (TPSA) is 27.7 Å². The van der Waals surface area contributed by atoms with Crippen LogP contribution in [0.25, 0.3) is 0 Å². The van der Waals surface area contributed by atoms with Crippen LogP contribution in [0.5, 0.6) is 0 Å². The smallest absolute Gasteiger partial charge is 0.386 e. The van der Waals surface area contributed by atoms with Crippen molar-refractivity contribution in [2.75, 3.05) is 19.8 Å². The van der Waals surface area contributed by atoms with Crippen molar-refractivity contribution in [2.45, 2.75) is 40.0 Å². The van der Waals surface area contributed by atoms with Gasteiger partial charge in [-0.05, 0) is 6.42 Å². The van der Waals surface area contributed by atoms with Crippen LogP contribution in [0.1, 0.15) is 40.0 Å². The van der Waals surface area contributed by atoms with Gasteiger partial charge in [0.2, 0.25) is 0 Å². The summed E-state index contributed by atoms with van der Waals surface area (Å²) < 4.78 is 16.3. The zero-order chi connectivity index (χ0) is 10.4. The molecule has 0 aliphatic carbocycles. The monoisotopic (exact) mass is 200 g/mol. The molecule has 1 fully saturated rings. The van der Waals surface area contributed by atoms with Gasteiger partial charge in [0.05, 0.1) is 0 Å². The maximum Gasteiger partial charge on any atom is 0.639 e. The molecule has 82 valence electrons. The van der Waals surface area contributed by atoms with Crippen LogP contribution >= 0.6 is 0 Å². The number of rotatable bonds is 5. The Hall–Kier alpha value is -0.0551. The second-order valence-electron chi connectivity index (χ2n) is 4.65. The Kier molecular flexibility index (Phi) is 4.92. The van der Waals surface area contributed by atoms with Crippen LogP contribution in [0.4, 0.5) is 0 Å².